The number of nitrogens with zero attached hydrogens (tertiary/aromatic N) is 1. The first-order valence-corrected chi connectivity index (χ1v) is 9.50. The SMILES string of the molecule is CC(CC(=O)O)c1c([N+](=O)[O-])ccc(NC(=O)C(F)(F)c2ccc(F)c3ccccc23)c1F. The Morgan fingerprint density at radius 1 is 1.09 bits per heavy atom. The molecule has 3 aromatic rings. The second kappa shape index (κ2) is 8.85. The minimum absolute atomic E-state index is 0.145. The first kappa shape index (κ1) is 23.6. The summed E-state index contributed by atoms with van der Waals surface area (Å²) in [6, 6.07) is 8.31. The number of carbonyl (C=O) groups is 2. The number of nitrogens with one attached hydrogen (secondary N) is 1. The van der Waals surface area contributed by atoms with Crippen molar-refractivity contribution in [1.29, 1.82) is 0 Å². The van der Waals surface area contributed by atoms with Gasteiger partial charge in [0.25, 0.3) is 11.6 Å². The Kier molecular flexibility index (Phi) is 6.34. The van der Waals surface area contributed by atoms with Crippen molar-refractivity contribution in [3.8, 4) is 0 Å². The molecule has 3 rings (SSSR count). The predicted octanol–water partition coefficient (Wildman–Crippen LogP) is 5.33. The van der Waals surface area contributed by atoms with Crippen LogP contribution in [0.25, 0.3) is 10.8 Å². The van der Waals surface area contributed by atoms with Gasteiger partial charge < -0.3 is 10.4 Å². The molecule has 33 heavy (non-hydrogen) atoms. The van der Waals surface area contributed by atoms with Gasteiger partial charge >= 0.3 is 11.9 Å². The number of hydrogen-bond acceptors (Lipinski definition) is 4. The van der Waals surface area contributed by atoms with Gasteiger partial charge in [0, 0.05) is 22.9 Å². The highest BCUT2D eigenvalue weighted by atomic mass is 19.3. The van der Waals surface area contributed by atoms with Crippen LogP contribution in [0.15, 0.2) is 48.5 Å². The number of alkyl halides is 2. The minimum atomic E-state index is -4.23. The van der Waals surface area contributed by atoms with Crippen LogP contribution in [0, 0.1) is 21.7 Å². The van der Waals surface area contributed by atoms with E-state index in [0.29, 0.717) is 0 Å². The van der Waals surface area contributed by atoms with Crippen molar-refractivity contribution >= 4 is 34.0 Å². The molecule has 7 nitrogen and oxygen atoms in total. The van der Waals surface area contributed by atoms with Crippen molar-refractivity contribution < 1.29 is 37.2 Å². The van der Waals surface area contributed by atoms with Crippen molar-refractivity contribution in [3.63, 3.8) is 0 Å². The highest BCUT2D eigenvalue weighted by molar-refractivity contribution is 6.00. The van der Waals surface area contributed by atoms with E-state index in [0.717, 1.165) is 24.3 Å². The molecule has 0 spiro atoms. The largest absolute Gasteiger partial charge is 0.481 e. The van der Waals surface area contributed by atoms with Gasteiger partial charge in [-0.15, -0.1) is 0 Å². The normalized spacial score (nSPS) is 12.4. The lowest BCUT2D eigenvalue weighted by molar-refractivity contribution is -0.385. The maximum Gasteiger partial charge on any atom is 0.350 e. The number of amides is 1. The summed E-state index contributed by atoms with van der Waals surface area (Å²) in [5, 5.41) is 21.5. The number of hydrogen-bond donors (Lipinski definition) is 2. The van der Waals surface area contributed by atoms with E-state index >= 15 is 13.2 Å². The summed E-state index contributed by atoms with van der Waals surface area (Å²) in [4.78, 5) is 33.7. The Morgan fingerprint density at radius 3 is 2.33 bits per heavy atom. The molecule has 1 atom stereocenters. The average Bonchev–Trinajstić information content (AvgIpc) is 2.74. The molecule has 1 unspecified atom stereocenters. The van der Waals surface area contributed by atoms with Crippen LogP contribution < -0.4 is 5.32 Å². The molecule has 0 fully saturated rings. The Hall–Kier alpha value is -4.02. The summed E-state index contributed by atoms with van der Waals surface area (Å²) in [7, 11) is 0. The standard InChI is InChI=1S/C22H16F4N2O5/c1-11(10-18(29)30)19-17(28(32)33)9-8-16(20(19)24)27-21(31)22(25,26)14-6-7-15(23)13-5-3-2-4-12(13)14/h2-9,11H,10H2,1H3,(H,27,31)(H,29,30). The second-order valence-corrected chi connectivity index (χ2v) is 7.28. The number of carbonyl (C=O) groups excluding carboxylic acids is 1. The third kappa shape index (κ3) is 4.47. The molecule has 0 heterocycles. The highest BCUT2D eigenvalue weighted by Gasteiger charge is 2.43. The number of benzene rings is 3. The molecule has 0 radical (unpaired) electrons. The highest BCUT2D eigenvalue weighted by Crippen LogP contribution is 2.38. The smallest absolute Gasteiger partial charge is 0.350 e. The molecule has 0 aliphatic carbocycles. The predicted molar refractivity (Wildman–Crippen MR) is 110 cm³/mol. The van der Waals surface area contributed by atoms with Crippen LogP contribution in [0.1, 0.15) is 30.4 Å². The van der Waals surface area contributed by atoms with Gasteiger partial charge in [0.05, 0.1) is 22.6 Å². The number of carboxylic acids is 1. The molecular weight excluding hydrogens is 448 g/mol. The zero-order valence-corrected chi connectivity index (χ0v) is 16.9. The molecule has 1 amide bonds. The summed E-state index contributed by atoms with van der Waals surface area (Å²) in [6.45, 7) is 1.21. The van der Waals surface area contributed by atoms with Gasteiger partial charge in [0.2, 0.25) is 0 Å². The van der Waals surface area contributed by atoms with Crippen LogP contribution in [-0.2, 0) is 15.5 Å². The lowest BCUT2D eigenvalue weighted by Crippen LogP contribution is -2.33. The first-order valence-electron chi connectivity index (χ1n) is 9.50. The van der Waals surface area contributed by atoms with Gasteiger partial charge in [-0.1, -0.05) is 31.2 Å². The summed E-state index contributed by atoms with van der Waals surface area (Å²) in [5.74, 6) is -10.9. The summed E-state index contributed by atoms with van der Waals surface area (Å²) < 4.78 is 59.1. The van der Waals surface area contributed by atoms with Crippen LogP contribution in [-0.4, -0.2) is 21.9 Å². The van der Waals surface area contributed by atoms with Crippen LogP contribution >= 0.6 is 0 Å². The van der Waals surface area contributed by atoms with Gasteiger partial charge in [-0.05, 0) is 23.6 Å². The topological polar surface area (TPSA) is 110 Å². The fraction of sp³-hybridized carbons (Fsp3) is 0.182. The van der Waals surface area contributed by atoms with Crippen molar-refractivity contribution in [1.82, 2.24) is 0 Å². The van der Waals surface area contributed by atoms with E-state index < -0.39 is 69.2 Å². The molecule has 0 aromatic heterocycles. The fourth-order valence-electron chi connectivity index (χ4n) is 3.53. The molecule has 11 heteroatoms. The lowest BCUT2D eigenvalue weighted by atomic mass is 9.94. The summed E-state index contributed by atoms with van der Waals surface area (Å²) >= 11 is 0. The van der Waals surface area contributed by atoms with Gasteiger partial charge in [0.15, 0.2) is 5.82 Å². The zero-order chi connectivity index (χ0) is 24.5. The van der Waals surface area contributed by atoms with Crippen molar-refractivity contribution in [2.24, 2.45) is 0 Å². The van der Waals surface area contributed by atoms with Gasteiger partial charge in [-0.3, -0.25) is 19.7 Å². The third-order valence-corrected chi connectivity index (χ3v) is 5.07. The average molecular weight is 464 g/mol. The van der Waals surface area contributed by atoms with Crippen molar-refractivity contribution in [2.45, 2.75) is 25.2 Å². The van der Waals surface area contributed by atoms with Crippen molar-refractivity contribution in [3.05, 3.63) is 81.4 Å². The van der Waals surface area contributed by atoms with E-state index in [1.807, 2.05) is 0 Å². The first-order chi connectivity index (χ1) is 15.4. The Morgan fingerprint density at radius 2 is 1.73 bits per heavy atom. The van der Waals surface area contributed by atoms with Crippen LogP contribution in [0.3, 0.4) is 0 Å². The van der Waals surface area contributed by atoms with Gasteiger partial charge in [0.1, 0.15) is 5.82 Å². The number of nitro groups is 1. The molecule has 0 aliphatic rings. The summed E-state index contributed by atoms with van der Waals surface area (Å²) in [6.07, 6.45) is -0.674. The molecule has 172 valence electrons. The van der Waals surface area contributed by atoms with Gasteiger partial charge in [-0.2, -0.15) is 8.78 Å². The number of fused-ring (bicyclic) bond motifs is 1. The van der Waals surface area contributed by atoms with E-state index in [2.05, 4.69) is 0 Å². The lowest BCUT2D eigenvalue weighted by Gasteiger charge is -2.20. The Bertz CT molecular complexity index is 1280. The monoisotopic (exact) mass is 464 g/mol. The Balaban J connectivity index is 2.03. The van der Waals surface area contributed by atoms with Gasteiger partial charge in [-0.25, -0.2) is 8.78 Å². The number of aliphatic carboxylic acids is 1. The number of rotatable bonds is 7. The van der Waals surface area contributed by atoms with Crippen LogP contribution in [0.5, 0.6) is 0 Å². The molecular formula is C22H16F4N2O5. The van der Waals surface area contributed by atoms with E-state index in [9.17, 15) is 24.1 Å². The second-order valence-electron chi connectivity index (χ2n) is 7.28. The van der Waals surface area contributed by atoms with Crippen LogP contribution in [0.2, 0.25) is 0 Å². The molecule has 0 saturated carbocycles. The minimum Gasteiger partial charge on any atom is -0.481 e. The molecule has 0 aliphatic heterocycles. The molecule has 0 saturated heterocycles. The van der Waals surface area contributed by atoms with E-state index in [1.165, 1.54) is 31.2 Å². The molecule has 2 N–H and O–H groups in total. The maximum atomic E-state index is 15.0. The molecule has 0 bridgehead atoms. The number of nitro benzene ring substituents is 1. The zero-order valence-electron chi connectivity index (χ0n) is 16.9. The van der Waals surface area contributed by atoms with E-state index in [4.69, 9.17) is 5.11 Å². The third-order valence-electron chi connectivity index (χ3n) is 5.07. The van der Waals surface area contributed by atoms with E-state index in [1.54, 1.807) is 5.32 Å². The van der Waals surface area contributed by atoms with E-state index in [-0.39, 0.29) is 10.8 Å². The number of anilines is 1. The fourth-order valence-corrected chi connectivity index (χ4v) is 3.53. The maximum absolute atomic E-state index is 15.0. The summed E-state index contributed by atoms with van der Waals surface area (Å²) in [5.41, 5.74) is -3.01. The Labute approximate surface area is 183 Å². The van der Waals surface area contributed by atoms with Crippen LogP contribution in [0.4, 0.5) is 28.9 Å². The molecule has 3 aromatic carbocycles. The van der Waals surface area contributed by atoms with Crippen molar-refractivity contribution in [2.75, 3.05) is 5.32 Å². The number of carboxylic acid groups (broad SMARTS) is 1. The number of halogens is 4. The quantitative estimate of drug-likeness (QED) is 0.279.